The fraction of sp³-hybridized carbons (Fsp3) is 0.200. The van der Waals surface area contributed by atoms with Gasteiger partial charge in [-0.15, -0.1) is 0 Å². The van der Waals surface area contributed by atoms with E-state index in [4.69, 9.17) is 9.47 Å². The van der Waals surface area contributed by atoms with Crippen LogP contribution in [0.5, 0.6) is 11.5 Å². The first-order valence-corrected chi connectivity index (χ1v) is 9.04. The molecule has 5 nitrogen and oxygen atoms in total. The summed E-state index contributed by atoms with van der Waals surface area (Å²) in [6.07, 6.45) is 0. The third kappa shape index (κ3) is 4.08. The van der Waals surface area contributed by atoms with E-state index in [1.807, 2.05) is 43.3 Å². The summed E-state index contributed by atoms with van der Waals surface area (Å²) in [5, 5.41) is 4.47. The van der Waals surface area contributed by atoms with Gasteiger partial charge in [0.2, 0.25) is 5.91 Å². The van der Waals surface area contributed by atoms with Gasteiger partial charge >= 0.3 is 0 Å². The predicted octanol–water partition coefficient (Wildman–Crippen LogP) is 4.37. The van der Waals surface area contributed by atoms with Gasteiger partial charge < -0.3 is 14.8 Å². The Bertz CT molecular complexity index is 930. The molecule has 0 bridgehead atoms. The minimum Gasteiger partial charge on any atom is -0.497 e. The highest BCUT2D eigenvalue weighted by Gasteiger charge is 2.17. The highest BCUT2D eigenvalue weighted by molar-refractivity contribution is 8.00. The van der Waals surface area contributed by atoms with E-state index < -0.39 is 0 Å². The van der Waals surface area contributed by atoms with Crippen LogP contribution in [-0.2, 0) is 4.79 Å². The third-order valence-electron chi connectivity index (χ3n) is 3.90. The Morgan fingerprint density at radius 2 is 1.88 bits per heavy atom. The Hall–Kier alpha value is -2.73. The second kappa shape index (κ2) is 8.10. The van der Waals surface area contributed by atoms with Gasteiger partial charge in [0, 0.05) is 11.5 Å². The number of anilines is 1. The molecule has 0 spiro atoms. The van der Waals surface area contributed by atoms with Crippen LogP contribution < -0.4 is 14.8 Å². The molecule has 2 aromatic carbocycles. The number of para-hydroxylation sites is 1. The first kappa shape index (κ1) is 18.1. The Morgan fingerprint density at radius 3 is 2.65 bits per heavy atom. The Kier molecular flexibility index (Phi) is 5.63. The molecule has 0 aliphatic rings. The summed E-state index contributed by atoms with van der Waals surface area (Å²) in [6.45, 7) is 1.85. The molecule has 0 aliphatic heterocycles. The molecule has 1 N–H and O–H groups in total. The Balaban J connectivity index is 1.73. The molecule has 0 fully saturated rings. The molecule has 134 valence electrons. The van der Waals surface area contributed by atoms with Gasteiger partial charge in [-0.05, 0) is 31.2 Å². The van der Waals surface area contributed by atoms with Gasteiger partial charge in [0.1, 0.15) is 11.5 Å². The van der Waals surface area contributed by atoms with Gasteiger partial charge in [-0.2, -0.15) is 0 Å². The number of nitrogens with one attached hydrogen (secondary N) is 1. The number of rotatable bonds is 6. The molecule has 0 saturated heterocycles. The number of carbonyl (C=O) groups is 1. The molecule has 1 unspecified atom stereocenters. The smallest absolute Gasteiger partial charge is 0.237 e. The number of pyridine rings is 1. The van der Waals surface area contributed by atoms with E-state index in [1.54, 1.807) is 32.4 Å². The first-order valence-electron chi connectivity index (χ1n) is 8.16. The van der Waals surface area contributed by atoms with Crippen molar-refractivity contribution in [1.29, 1.82) is 0 Å². The van der Waals surface area contributed by atoms with Gasteiger partial charge in [-0.1, -0.05) is 36.0 Å². The number of methoxy groups -OCH3 is 2. The Morgan fingerprint density at radius 1 is 1.08 bits per heavy atom. The topological polar surface area (TPSA) is 60.5 Å². The second-order valence-electron chi connectivity index (χ2n) is 5.66. The minimum atomic E-state index is -0.320. The molecule has 0 saturated carbocycles. The number of ether oxygens (including phenoxy) is 2. The fourth-order valence-electron chi connectivity index (χ4n) is 2.49. The number of aromatic nitrogens is 1. The van der Waals surface area contributed by atoms with E-state index in [9.17, 15) is 4.79 Å². The highest BCUT2D eigenvalue weighted by Crippen LogP contribution is 2.30. The van der Waals surface area contributed by atoms with Crippen LogP contribution in [0.3, 0.4) is 0 Å². The van der Waals surface area contributed by atoms with Crippen molar-refractivity contribution in [1.82, 2.24) is 4.98 Å². The molecule has 26 heavy (non-hydrogen) atoms. The number of fused-ring (bicyclic) bond motifs is 1. The van der Waals surface area contributed by atoms with Crippen LogP contribution in [0.15, 0.2) is 59.6 Å². The maximum absolute atomic E-state index is 12.6. The summed E-state index contributed by atoms with van der Waals surface area (Å²) in [6, 6.07) is 17.1. The fourth-order valence-corrected chi connectivity index (χ4v) is 3.32. The molecule has 1 heterocycles. The van der Waals surface area contributed by atoms with Gasteiger partial charge in [-0.25, -0.2) is 4.98 Å². The van der Waals surface area contributed by atoms with Crippen LogP contribution >= 0.6 is 11.8 Å². The minimum absolute atomic E-state index is 0.128. The lowest BCUT2D eigenvalue weighted by molar-refractivity contribution is -0.115. The summed E-state index contributed by atoms with van der Waals surface area (Å²) in [5.41, 5.74) is 1.50. The van der Waals surface area contributed by atoms with Crippen molar-refractivity contribution in [3.8, 4) is 11.5 Å². The predicted molar refractivity (Wildman–Crippen MR) is 105 cm³/mol. The maximum Gasteiger partial charge on any atom is 0.237 e. The zero-order valence-corrected chi connectivity index (χ0v) is 15.7. The van der Waals surface area contributed by atoms with Crippen LogP contribution in [0.1, 0.15) is 6.92 Å². The normalized spacial score (nSPS) is 11.8. The number of hydrogen-bond donors (Lipinski definition) is 1. The lowest BCUT2D eigenvalue weighted by Crippen LogP contribution is -2.22. The average Bonchev–Trinajstić information content (AvgIpc) is 2.67. The van der Waals surface area contributed by atoms with Gasteiger partial charge in [-0.3, -0.25) is 4.79 Å². The van der Waals surface area contributed by atoms with Crippen LogP contribution in [0.2, 0.25) is 0 Å². The van der Waals surface area contributed by atoms with Crippen molar-refractivity contribution >= 4 is 34.3 Å². The number of hydrogen-bond acceptors (Lipinski definition) is 5. The van der Waals surface area contributed by atoms with E-state index in [2.05, 4.69) is 10.3 Å². The van der Waals surface area contributed by atoms with E-state index in [-0.39, 0.29) is 11.2 Å². The third-order valence-corrected chi connectivity index (χ3v) is 4.94. The molecule has 0 aliphatic carbocycles. The summed E-state index contributed by atoms with van der Waals surface area (Å²) < 4.78 is 10.5. The molecule has 1 amide bonds. The van der Waals surface area contributed by atoms with E-state index in [0.717, 1.165) is 15.9 Å². The van der Waals surface area contributed by atoms with E-state index in [0.29, 0.717) is 17.2 Å². The summed E-state index contributed by atoms with van der Waals surface area (Å²) in [4.78, 5) is 17.2. The van der Waals surface area contributed by atoms with Crippen molar-refractivity contribution in [3.63, 3.8) is 0 Å². The molecule has 3 rings (SSSR count). The molecule has 0 radical (unpaired) electrons. The van der Waals surface area contributed by atoms with Gasteiger partial charge in [0.05, 0.1) is 35.7 Å². The van der Waals surface area contributed by atoms with Crippen molar-refractivity contribution < 1.29 is 14.3 Å². The van der Waals surface area contributed by atoms with E-state index >= 15 is 0 Å². The summed E-state index contributed by atoms with van der Waals surface area (Å²) >= 11 is 1.41. The maximum atomic E-state index is 12.6. The molecular formula is C20H20N2O3S. The summed E-state index contributed by atoms with van der Waals surface area (Å²) in [5.74, 6) is 1.11. The SMILES string of the molecule is COc1ccc(OC)c(NC(=O)C(C)Sc2ccc3ccccc3n2)c1. The van der Waals surface area contributed by atoms with Crippen molar-refractivity contribution in [2.75, 3.05) is 19.5 Å². The van der Waals surface area contributed by atoms with Crippen LogP contribution in [-0.4, -0.2) is 30.4 Å². The molecular weight excluding hydrogens is 348 g/mol. The lowest BCUT2D eigenvalue weighted by atomic mass is 10.2. The average molecular weight is 368 g/mol. The zero-order chi connectivity index (χ0) is 18.5. The van der Waals surface area contributed by atoms with Crippen molar-refractivity contribution in [2.24, 2.45) is 0 Å². The Labute approximate surface area is 156 Å². The number of carbonyl (C=O) groups excluding carboxylic acids is 1. The molecule has 6 heteroatoms. The zero-order valence-electron chi connectivity index (χ0n) is 14.9. The van der Waals surface area contributed by atoms with Crippen LogP contribution in [0, 0.1) is 0 Å². The highest BCUT2D eigenvalue weighted by atomic mass is 32.2. The quantitative estimate of drug-likeness (QED) is 0.655. The number of thioether (sulfide) groups is 1. The molecule has 3 aromatic rings. The van der Waals surface area contributed by atoms with Crippen LogP contribution in [0.25, 0.3) is 10.9 Å². The standard InChI is InChI=1S/C20H20N2O3S/c1-13(26-19-11-8-14-6-4-5-7-16(14)21-19)20(23)22-17-12-15(24-2)9-10-18(17)25-3/h4-13H,1-3H3,(H,22,23). The first-order chi connectivity index (χ1) is 12.6. The molecule has 1 atom stereocenters. The monoisotopic (exact) mass is 368 g/mol. The second-order valence-corrected chi connectivity index (χ2v) is 7.02. The van der Waals surface area contributed by atoms with E-state index in [1.165, 1.54) is 11.8 Å². The molecule has 1 aromatic heterocycles. The largest absolute Gasteiger partial charge is 0.497 e. The number of amides is 1. The van der Waals surface area contributed by atoms with Crippen molar-refractivity contribution in [3.05, 3.63) is 54.6 Å². The van der Waals surface area contributed by atoms with Gasteiger partial charge in [0.25, 0.3) is 0 Å². The van der Waals surface area contributed by atoms with Gasteiger partial charge in [0.15, 0.2) is 0 Å². The number of benzene rings is 2. The number of nitrogens with zero attached hydrogens (tertiary/aromatic N) is 1. The summed E-state index contributed by atoms with van der Waals surface area (Å²) in [7, 11) is 3.14. The lowest BCUT2D eigenvalue weighted by Gasteiger charge is -2.15. The van der Waals surface area contributed by atoms with Crippen LogP contribution in [0.4, 0.5) is 5.69 Å². The van der Waals surface area contributed by atoms with Crippen molar-refractivity contribution in [2.45, 2.75) is 17.2 Å².